The molecule has 80 valence electrons. The minimum Gasteiger partial charge on any atom is -0.480 e. The number of hydrogen-bond donors (Lipinski definition) is 2. The van der Waals surface area contributed by atoms with Gasteiger partial charge in [0.2, 0.25) is 6.41 Å². The fourth-order valence-electron chi connectivity index (χ4n) is 1.42. The van der Waals surface area contributed by atoms with Crippen LogP contribution in [0.5, 0.6) is 0 Å². The van der Waals surface area contributed by atoms with Gasteiger partial charge in [-0.1, -0.05) is 0 Å². The Labute approximate surface area is 81.2 Å². The maximum absolute atomic E-state index is 11.1. The van der Waals surface area contributed by atoms with Crippen molar-refractivity contribution < 1.29 is 23.1 Å². The Hall–Kier alpha value is -1.11. The molecule has 2 N–H and O–H groups in total. The molecule has 0 unspecified atom stereocenters. The van der Waals surface area contributed by atoms with E-state index in [0.717, 1.165) is 0 Å². The number of amides is 1. The van der Waals surface area contributed by atoms with Crippen LogP contribution in [0.25, 0.3) is 0 Å². The van der Waals surface area contributed by atoms with E-state index in [1.165, 1.54) is 0 Å². The van der Waals surface area contributed by atoms with Crippen molar-refractivity contribution in [3.05, 3.63) is 0 Å². The minimum absolute atomic E-state index is 0.0661. The highest BCUT2D eigenvalue weighted by Crippen LogP contribution is 2.23. The third kappa shape index (κ3) is 2.03. The number of nitrogens with one attached hydrogen (secondary N) is 1. The zero-order valence-electron chi connectivity index (χ0n) is 7.39. The summed E-state index contributed by atoms with van der Waals surface area (Å²) in [6.45, 7) is 0. The molecule has 14 heavy (non-hydrogen) atoms. The molecule has 0 aromatic carbocycles. The summed E-state index contributed by atoms with van der Waals surface area (Å²) < 4.78 is 22.1. The molecule has 1 aliphatic heterocycles. The van der Waals surface area contributed by atoms with Gasteiger partial charge in [-0.05, 0) is 12.8 Å². The number of rotatable bonds is 3. The summed E-state index contributed by atoms with van der Waals surface area (Å²) in [6.07, 6.45) is 0.166. The first-order valence-electron chi connectivity index (χ1n) is 4.07. The fraction of sp³-hybridized carbons (Fsp3) is 0.714. The highest BCUT2D eigenvalue weighted by Gasteiger charge is 2.43. The van der Waals surface area contributed by atoms with Gasteiger partial charge in [0.25, 0.3) is 0 Å². The van der Waals surface area contributed by atoms with Gasteiger partial charge in [-0.2, -0.15) is 0 Å². The molecular weight excluding hydrogens is 210 g/mol. The molecule has 0 aromatic heterocycles. The molecule has 1 aliphatic rings. The van der Waals surface area contributed by atoms with Crippen LogP contribution in [0.4, 0.5) is 0 Å². The van der Waals surface area contributed by atoms with E-state index in [1.807, 2.05) is 0 Å². The third-order valence-electron chi connectivity index (χ3n) is 2.42. The maximum Gasteiger partial charge on any atom is 0.329 e. The number of carbonyl (C=O) groups excluding carboxylic acids is 1. The predicted molar refractivity (Wildman–Crippen MR) is 47.5 cm³/mol. The van der Waals surface area contributed by atoms with Crippen molar-refractivity contribution in [3.8, 4) is 0 Å². The summed E-state index contributed by atoms with van der Waals surface area (Å²) in [6, 6.07) is 0. The van der Waals surface area contributed by atoms with Gasteiger partial charge in [0.1, 0.15) is 5.54 Å². The SMILES string of the molecule is O=CNC1(C(=O)O)CCS(=O)(=O)CC1. The number of carboxylic acid groups (broad SMARTS) is 1. The second kappa shape index (κ2) is 3.56. The molecule has 7 heteroatoms. The van der Waals surface area contributed by atoms with Crippen molar-refractivity contribution in [2.75, 3.05) is 11.5 Å². The Morgan fingerprint density at radius 3 is 2.21 bits per heavy atom. The lowest BCUT2D eigenvalue weighted by molar-refractivity contribution is -0.146. The lowest BCUT2D eigenvalue weighted by atomic mass is 9.93. The smallest absolute Gasteiger partial charge is 0.329 e. The molecule has 0 saturated carbocycles. The van der Waals surface area contributed by atoms with Gasteiger partial charge in [-0.15, -0.1) is 0 Å². The van der Waals surface area contributed by atoms with Crippen LogP contribution in [0.1, 0.15) is 12.8 Å². The van der Waals surface area contributed by atoms with Gasteiger partial charge in [0.05, 0.1) is 11.5 Å². The van der Waals surface area contributed by atoms with Gasteiger partial charge in [0, 0.05) is 0 Å². The number of sulfone groups is 1. The normalized spacial score (nSPS) is 23.7. The van der Waals surface area contributed by atoms with Gasteiger partial charge >= 0.3 is 5.97 Å². The molecule has 1 amide bonds. The number of carboxylic acids is 1. The predicted octanol–water partition coefficient (Wildman–Crippen LogP) is -1.24. The molecule has 0 bridgehead atoms. The first kappa shape index (κ1) is 11.0. The van der Waals surface area contributed by atoms with E-state index >= 15 is 0 Å². The second-order valence-corrected chi connectivity index (χ2v) is 5.60. The van der Waals surface area contributed by atoms with Crippen LogP contribution in [-0.2, 0) is 19.4 Å². The molecule has 0 aliphatic carbocycles. The Balaban J connectivity index is 2.84. The van der Waals surface area contributed by atoms with Crippen LogP contribution >= 0.6 is 0 Å². The maximum atomic E-state index is 11.1. The summed E-state index contributed by atoms with van der Waals surface area (Å²) in [4.78, 5) is 21.1. The highest BCUT2D eigenvalue weighted by molar-refractivity contribution is 7.91. The second-order valence-electron chi connectivity index (χ2n) is 3.30. The molecular formula is C7H11NO5S. The monoisotopic (exact) mass is 221 g/mol. The topological polar surface area (TPSA) is 101 Å². The third-order valence-corrected chi connectivity index (χ3v) is 4.08. The van der Waals surface area contributed by atoms with Gasteiger partial charge < -0.3 is 10.4 Å². The molecule has 1 heterocycles. The van der Waals surface area contributed by atoms with Crippen molar-refractivity contribution in [1.82, 2.24) is 5.32 Å². The minimum atomic E-state index is -3.12. The summed E-state index contributed by atoms with van der Waals surface area (Å²) in [7, 11) is -3.12. The van der Waals surface area contributed by atoms with Crippen molar-refractivity contribution in [1.29, 1.82) is 0 Å². The van der Waals surface area contributed by atoms with Crippen molar-refractivity contribution in [2.24, 2.45) is 0 Å². The average molecular weight is 221 g/mol. The Kier molecular flexibility index (Phi) is 2.79. The molecule has 1 rings (SSSR count). The van der Waals surface area contributed by atoms with E-state index in [-0.39, 0.29) is 24.3 Å². The lowest BCUT2D eigenvalue weighted by Gasteiger charge is -2.32. The Bertz CT molecular complexity index is 333. The summed E-state index contributed by atoms with van der Waals surface area (Å²) in [5.74, 6) is -1.57. The van der Waals surface area contributed by atoms with Gasteiger partial charge in [-0.25, -0.2) is 13.2 Å². The molecule has 0 atom stereocenters. The van der Waals surface area contributed by atoms with E-state index in [0.29, 0.717) is 6.41 Å². The summed E-state index contributed by atoms with van der Waals surface area (Å²) in [5.41, 5.74) is -1.40. The average Bonchev–Trinajstić information content (AvgIpc) is 2.09. The molecule has 0 spiro atoms. The number of aliphatic carboxylic acids is 1. The van der Waals surface area contributed by atoms with E-state index in [4.69, 9.17) is 5.11 Å². The van der Waals surface area contributed by atoms with Crippen LogP contribution < -0.4 is 5.32 Å². The summed E-state index contributed by atoms with van der Waals surface area (Å²) in [5, 5.41) is 11.1. The molecule has 6 nitrogen and oxygen atoms in total. The van der Waals surface area contributed by atoms with Crippen molar-refractivity contribution in [2.45, 2.75) is 18.4 Å². The highest BCUT2D eigenvalue weighted by atomic mass is 32.2. The van der Waals surface area contributed by atoms with Gasteiger partial charge in [-0.3, -0.25) is 4.79 Å². The van der Waals surface area contributed by atoms with E-state index in [2.05, 4.69) is 5.32 Å². The first-order chi connectivity index (χ1) is 6.42. The molecule has 1 fully saturated rings. The fourth-order valence-corrected chi connectivity index (χ4v) is 2.94. The zero-order chi connectivity index (χ0) is 10.8. The standard InChI is InChI=1S/C7H11NO5S/c9-5-8-7(6(10)11)1-3-14(12,13)4-2-7/h5H,1-4H2,(H,8,9)(H,10,11). The quantitative estimate of drug-likeness (QED) is 0.581. The molecule has 0 radical (unpaired) electrons. The lowest BCUT2D eigenvalue weighted by Crippen LogP contribution is -2.56. The van der Waals surface area contributed by atoms with Crippen molar-refractivity contribution in [3.63, 3.8) is 0 Å². The largest absolute Gasteiger partial charge is 0.480 e. The van der Waals surface area contributed by atoms with Crippen LogP contribution in [0, 0.1) is 0 Å². The Morgan fingerprint density at radius 2 is 1.86 bits per heavy atom. The van der Waals surface area contributed by atoms with Crippen LogP contribution in [-0.4, -0.2) is 42.9 Å². The molecule has 0 aromatic rings. The first-order valence-corrected chi connectivity index (χ1v) is 5.89. The van der Waals surface area contributed by atoms with Gasteiger partial charge in [0.15, 0.2) is 9.84 Å². The van der Waals surface area contributed by atoms with E-state index in [1.54, 1.807) is 0 Å². The number of hydrogen-bond acceptors (Lipinski definition) is 4. The number of carbonyl (C=O) groups is 2. The van der Waals surface area contributed by atoms with Crippen LogP contribution in [0.2, 0.25) is 0 Å². The molecule has 1 saturated heterocycles. The van der Waals surface area contributed by atoms with Crippen LogP contribution in [0.3, 0.4) is 0 Å². The van der Waals surface area contributed by atoms with E-state index < -0.39 is 21.3 Å². The Morgan fingerprint density at radius 1 is 1.36 bits per heavy atom. The zero-order valence-corrected chi connectivity index (χ0v) is 8.21. The van der Waals surface area contributed by atoms with Crippen molar-refractivity contribution >= 4 is 22.2 Å². The summed E-state index contributed by atoms with van der Waals surface area (Å²) >= 11 is 0. The van der Waals surface area contributed by atoms with Crippen LogP contribution in [0.15, 0.2) is 0 Å². The van der Waals surface area contributed by atoms with E-state index in [9.17, 15) is 18.0 Å².